The summed E-state index contributed by atoms with van der Waals surface area (Å²) in [5.41, 5.74) is 13.0. The molecule has 98 valence electrons. The van der Waals surface area contributed by atoms with Crippen molar-refractivity contribution in [1.29, 1.82) is 0 Å². The number of rotatable bonds is 3. The SMILES string of the molecule is Cc1ccc(N)cc1Oc1ccc(N)c(C(=O)O)c1. The normalized spacial score (nSPS) is 10.2. The summed E-state index contributed by atoms with van der Waals surface area (Å²) in [5, 5.41) is 9.00. The van der Waals surface area contributed by atoms with Crippen molar-refractivity contribution >= 4 is 17.3 Å². The summed E-state index contributed by atoms with van der Waals surface area (Å²) in [6, 6.07) is 9.80. The van der Waals surface area contributed by atoms with E-state index in [4.69, 9.17) is 21.3 Å². The molecular weight excluding hydrogens is 244 g/mol. The van der Waals surface area contributed by atoms with Gasteiger partial charge in [0, 0.05) is 17.4 Å². The standard InChI is InChI=1S/C14H14N2O3/c1-8-2-3-9(15)6-13(8)19-10-4-5-12(16)11(7-10)14(17)18/h2-7H,15-16H2,1H3,(H,17,18). The van der Waals surface area contributed by atoms with E-state index >= 15 is 0 Å². The monoisotopic (exact) mass is 258 g/mol. The molecule has 2 rings (SSSR count). The first-order chi connectivity index (χ1) is 8.97. The fourth-order valence-electron chi connectivity index (χ4n) is 1.64. The Morgan fingerprint density at radius 2 is 1.89 bits per heavy atom. The van der Waals surface area contributed by atoms with Crippen LogP contribution in [0.3, 0.4) is 0 Å². The maximum atomic E-state index is 11.0. The molecule has 0 atom stereocenters. The van der Waals surface area contributed by atoms with E-state index in [9.17, 15) is 4.79 Å². The van der Waals surface area contributed by atoms with Crippen molar-refractivity contribution in [3.05, 3.63) is 47.5 Å². The number of carboxylic acids is 1. The van der Waals surface area contributed by atoms with E-state index in [0.717, 1.165) is 5.56 Å². The lowest BCUT2D eigenvalue weighted by molar-refractivity contribution is 0.0697. The van der Waals surface area contributed by atoms with E-state index in [2.05, 4.69) is 0 Å². The fraction of sp³-hybridized carbons (Fsp3) is 0.0714. The van der Waals surface area contributed by atoms with Crippen LogP contribution in [0, 0.1) is 6.92 Å². The average Bonchev–Trinajstić information content (AvgIpc) is 2.36. The molecular formula is C14H14N2O3. The van der Waals surface area contributed by atoms with E-state index in [1.807, 2.05) is 13.0 Å². The Labute approximate surface area is 110 Å². The zero-order chi connectivity index (χ0) is 14.0. The van der Waals surface area contributed by atoms with Gasteiger partial charge in [0.15, 0.2) is 0 Å². The van der Waals surface area contributed by atoms with Gasteiger partial charge in [0.2, 0.25) is 0 Å². The molecule has 5 heteroatoms. The summed E-state index contributed by atoms with van der Waals surface area (Å²) in [6.45, 7) is 1.88. The molecule has 0 amide bonds. The number of aryl methyl sites for hydroxylation is 1. The lowest BCUT2D eigenvalue weighted by atomic mass is 10.1. The Morgan fingerprint density at radius 1 is 1.16 bits per heavy atom. The second-order valence-corrected chi connectivity index (χ2v) is 4.18. The van der Waals surface area contributed by atoms with Crippen molar-refractivity contribution in [3.8, 4) is 11.5 Å². The molecule has 5 nitrogen and oxygen atoms in total. The second-order valence-electron chi connectivity index (χ2n) is 4.18. The largest absolute Gasteiger partial charge is 0.478 e. The minimum Gasteiger partial charge on any atom is -0.478 e. The Kier molecular flexibility index (Phi) is 3.29. The number of hydrogen-bond acceptors (Lipinski definition) is 4. The predicted molar refractivity (Wildman–Crippen MR) is 73.5 cm³/mol. The molecule has 2 aromatic carbocycles. The van der Waals surface area contributed by atoms with Gasteiger partial charge in [0.1, 0.15) is 11.5 Å². The van der Waals surface area contributed by atoms with E-state index in [1.54, 1.807) is 18.2 Å². The van der Waals surface area contributed by atoms with Crippen LogP contribution in [-0.4, -0.2) is 11.1 Å². The van der Waals surface area contributed by atoms with Gasteiger partial charge in [-0.2, -0.15) is 0 Å². The van der Waals surface area contributed by atoms with Crippen molar-refractivity contribution in [1.82, 2.24) is 0 Å². The quantitative estimate of drug-likeness (QED) is 0.735. The fourth-order valence-corrected chi connectivity index (χ4v) is 1.64. The highest BCUT2D eigenvalue weighted by molar-refractivity contribution is 5.94. The van der Waals surface area contributed by atoms with Crippen LogP contribution < -0.4 is 16.2 Å². The minimum atomic E-state index is -1.09. The van der Waals surface area contributed by atoms with Crippen molar-refractivity contribution in [3.63, 3.8) is 0 Å². The summed E-state index contributed by atoms with van der Waals surface area (Å²) in [4.78, 5) is 11.0. The Morgan fingerprint density at radius 3 is 2.58 bits per heavy atom. The van der Waals surface area contributed by atoms with E-state index in [-0.39, 0.29) is 11.3 Å². The van der Waals surface area contributed by atoms with Crippen molar-refractivity contribution in [2.45, 2.75) is 6.92 Å². The highest BCUT2D eigenvalue weighted by Gasteiger charge is 2.10. The number of ether oxygens (including phenoxy) is 1. The first kappa shape index (κ1) is 12.8. The maximum Gasteiger partial charge on any atom is 0.337 e. The Hall–Kier alpha value is -2.69. The smallest absolute Gasteiger partial charge is 0.337 e. The number of nitrogens with two attached hydrogens (primary N) is 2. The van der Waals surface area contributed by atoms with E-state index in [0.29, 0.717) is 17.2 Å². The average molecular weight is 258 g/mol. The van der Waals surface area contributed by atoms with Crippen LogP contribution in [0.15, 0.2) is 36.4 Å². The lowest BCUT2D eigenvalue weighted by Gasteiger charge is -2.10. The molecule has 0 bridgehead atoms. The summed E-state index contributed by atoms with van der Waals surface area (Å²) in [6.07, 6.45) is 0. The highest BCUT2D eigenvalue weighted by atomic mass is 16.5. The van der Waals surface area contributed by atoms with Crippen molar-refractivity contribution in [2.24, 2.45) is 0 Å². The third-order valence-electron chi connectivity index (χ3n) is 2.70. The van der Waals surface area contributed by atoms with Crippen LogP contribution in [-0.2, 0) is 0 Å². The molecule has 0 aromatic heterocycles. The molecule has 0 aliphatic heterocycles. The molecule has 0 saturated heterocycles. The topological polar surface area (TPSA) is 98.6 Å². The summed E-state index contributed by atoms with van der Waals surface area (Å²) >= 11 is 0. The zero-order valence-electron chi connectivity index (χ0n) is 10.4. The number of hydrogen-bond donors (Lipinski definition) is 3. The molecule has 5 N–H and O–H groups in total. The molecule has 0 aliphatic carbocycles. The molecule has 0 fully saturated rings. The molecule has 0 aliphatic rings. The van der Waals surface area contributed by atoms with Crippen LogP contribution >= 0.6 is 0 Å². The number of aromatic carboxylic acids is 1. The number of anilines is 2. The Bertz CT molecular complexity index is 639. The highest BCUT2D eigenvalue weighted by Crippen LogP contribution is 2.29. The summed E-state index contributed by atoms with van der Waals surface area (Å²) in [7, 11) is 0. The van der Waals surface area contributed by atoms with Gasteiger partial charge in [0.25, 0.3) is 0 Å². The molecule has 2 aromatic rings. The first-order valence-corrected chi connectivity index (χ1v) is 5.64. The zero-order valence-corrected chi connectivity index (χ0v) is 10.4. The molecule has 0 unspecified atom stereocenters. The molecule has 19 heavy (non-hydrogen) atoms. The third kappa shape index (κ3) is 2.77. The van der Waals surface area contributed by atoms with Gasteiger partial charge in [-0.15, -0.1) is 0 Å². The van der Waals surface area contributed by atoms with Gasteiger partial charge in [-0.3, -0.25) is 0 Å². The van der Waals surface area contributed by atoms with Crippen LogP contribution in [0.1, 0.15) is 15.9 Å². The summed E-state index contributed by atoms with van der Waals surface area (Å²) < 4.78 is 5.64. The van der Waals surface area contributed by atoms with Gasteiger partial charge < -0.3 is 21.3 Å². The Balaban J connectivity index is 2.36. The third-order valence-corrected chi connectivity index (χ3v) is 2.70. The molecule has 0 spiro atoms. The van der Waals surface area contributed by atoms with Gasteiger partial charge in [0.05, 0.1) is 5.56 Å². The van der Waals surface area contributed by atoms with Gasteiger partial charge >= 0.3 is 5.97 Å². The number of benzene rings is 2. The van der Waals surface area contributed by atoms with Gasteiger partial charge in [-0.05, 0) is 36.8 Å². The molecule has 0 radical (unpaired) electrons. The van der Waals surface area contributed by atoms with Crippen molar-refractivity contribution in [2.75, 3.05) is 11.5 Å². The van der Waals surface area contributed by atoms with Crippen molar-refractivity contribution < 1.29 is 14.6 Å². The van der Waals surface area contributed by atoms with E-state index in [1.165, 1.54) is 12.1 Å². The van der Waals surface area contributed by atoms with Crippen LogP contribution in [0.4, 0.5) is 11.4 Å². The molecule has 0 heterocycles. The van der Waals surface area contributed by atoms with Crippen LogP contribution in [0.2, 0.25) is 0 Å². The van der Waals surface area contributed by atoms with Crippen LogP contribution in [0.25, 0.3) is 0 Å². The lowest BCUT2D eigenvalue weighted by Crippen LogP contribution is -2.02. The first-order valence-electron chi connectivity index (χ1n) is 5.64. The predicted octanol–water partition coefficient (Wildman–Crippen LogP) is 2.65. The van der Waals surface area contributed by atoms with Gasteiger partial charge in [-0.25, -0.2) is 4.79 Å². The number of carboxylic acid groups (broad SMARTS) is 1. The second kappa shape index (κ2) is 4.89. The maximum absolute atomic E-state index is 11.0. The molecule has 0 saturated carbocycles. The number of carbonyl (C=O) groups is 1. The minimum absolute atomic E-state index is 0.0130. The van der Waals surface area contributed by atoms with Gasteiger partial charge in [-0.1, -0.05) is 6.07 Å². The number of nitrogen functional groups attached to an aromatic ring is 2. The van der Waals surface area contributed by atoms with E-state index < -0.39 is 5.97 Å². The summed E-state index contributed by atoms with van der Waals surface area (Å²) in [5.74, 6) is -0.103. The van der Waals surface area contributed by atoms with Crippen LogP contribution in [0.5, 0.6) is 11.5 Å².